The summed E-state index contributed by atoms with van der Waals surface area (Å²) >= 11 is 3.53. The van der Waals surface area contributed by atoms with Gasteiger partial charge in [0.15, 0.2) is 5.78 Å². The van der Waals surface area contributed by atoms with Crippen LogP contribution in [0.1, 0.15) is 17.0 Å². The highest BCUT2D eigenvalue weighted by Crippen LogP contribution is 2.43. The molecule has 0 bridgehead atoms. The molecular weight excluding hydrogens is 362 g/mol. The molecule has 0 aliphatic carbocycles. The Kier molecular flexibility index (Phi) is 3.46. The predicted molar refractivity (Wildman–Crippen MR) is 86.4 cm³/mol. The molecule has 1 unspecified atom stereocenters. The van der Waals surface area contributed by atoms with E-state index >= 15 is 0 Å². The molecule has 23 heavy (non-hydrogen) atoms. The van der Waals surface area contributed by atoms with E-state index < -0.39 is 5.92 Å². The SMILES string of the molecule is Cc1ccc([C@H]2C3=C(COC3=O)N=C3COCC(=O)C32)cc1Br. The quantitative estimate of drug-likeness (QED) is 0.706. The molecule has 0 amide bonds. The van der Waals surface area contributed by atoms with Crippen molar-refractivity contribution in [3.05, 3.63) is 45.1 Å². The Balaban J connectivity index is 1.89. The van der Waals surface area contributed by atoms with E-state index in [1.165, 1.54) is 0 Å². The average molecular weight is 376 g/mol. The van der Waals surface area contributed by atoms with Crippen molar-refractivity contribution in [2.24, 2.45) is 10.9 Å². The molecule has 6 heteroatoms. The number of hydrogen-bond acceptors (Lipinski definition) is 5. The molecule has 1 aromatic carbocycles. The molecule has 2 atom stereocenters. The lowest BCUT2D eigenvalue weighted by Crippen LogP contribution is -2.43. The summed E-state index contributed by atoms with van der Waals surface area (Å²) in [5, 5.41) is 0. The summed E-state index contributed by atoms with van der Waals surface area (Å²) in [7, 11) is 0. The van der Waals surface area contributed by atoms with Crippen LogP contribution >= 0.6 is 15.9 Å². The zero-order chi connectivity index (χ0) is 16.1. The van der Waals surface area contributed by atoms with Crippen LogP contribution in [0.5, 0.6) is 0 Å². The summed E-state index contributed by atoms with van der Waals surface area (Å²) in [5.74, 6) is -1.20. The maximum absolute atomic E-state index is 12.5. The summed E-state index contributed by atoms with van der Waals surface area (Å²) in [6.07, 6.45) is 0. The standard InChI is InChI=1S/C17H14BrNO4/c1-8-2-3-9(4-10(8)18)14-15-11(5-22-7-13(15)20)19-12-6-23-17(21)16(12)14/h2-4,14-15H,5-7H2,1H3/t14-,15?/m1/s1. The lowest BCUT2D eigenvalue weighted by molar-refractivity contribution is -0.136. The van der Waals surface area contributed by atoms with Crippen molar-refractivity contribution in [3.63, 3.8) is 0 Å². The molecule has 3 aliphatic rings. The zero-order valence-corrected chi connectivity index (χ0v) is 14.1. The number of fused-ring (bicyclic) bond motifs is 1. The lowest BCUT2D eigenvalue weighted by atomic mass is 9.73. The van der Waals surface area contributed by atoms with Gasteiger partial charge in [0.25, 0.3) is 0 Å². The number of halogens is 1. The Morgan fingerprint density at radius 2 is 2.00 bits per heavy atom. The van der Waals surface area contributed by atoms with Gasteiger partial charge in [-0.15, -0.1) is 0 Å². The molecule has 0 radical (unpaired) electrons. The molecule has 3 heterocycles. The Hall–Kier alpha value is -1.79. The van der Waals surface area contributed by atoms with Crippen molar-refractivity contribution in [2.75, 3.05) is 19.8 Å². The van der Waals surface area contributed by atoms with E-state index in [1.807, 2.05) is 25.1 Å². The third kappa shape index (κ3) is 2.28. The number of carbonyl (C=O) groups excluding carboxylic acids is 2. The highest BCUT2D eigenvalue weighted by atomic mass is 79.9. The van der Waals surface area contributed by atoms with Crippen LogP contribution in [0.3, 0.4) is 0 Å². The Labute approximate surface area is 141 Å². The van der Waals surface area contributed by atoms with Gasteiger partial charge in [0.1, 0.15) is 13.2 Å². The third-order valence-electron chi connectivity index (χ3n) is 4.55. The summed E-state index contributed by atoms with van der Waals surface area (Å²) in [4.78, 5) is 29.2. The zero-order valence-electron chi connectivity index (χ0n) is 12.5. The van der Waals surface area contributed by atoms with E-state index in [4.69, 9.17) is 9.47 Å². The highest BCUT2D eigenvalue weighted by molar-refractivity contribution is 9.10. The van der Waals surface area contributed by atoms with E-state index in [0.717, 1.165) is 15.6 Å². The van der Waals surface area contributed by atoms with Gasteiger partial charge in [-0.1, -0.05) is 28.1 Å². The van der Waals surface area contributed by atoms with Crippen LogP contribution in [0.4, 0.5) is 0 Å². The number of Topliss-reactive ketones (excluding diaryl/α,β-unsaturated/α-hetero) is 1. The van der Waals surface area contributed by atoms with Crippen LogP contribution in [0.15, 0.2) is 38.9 Å². The summed E-state index contributed by atoms with van der Waals surface area (Å²) in [6.45, 7) is 2.55. The molecule has 1 saturated heterocycles. The van der Waals surface area contributed by atoms with Crippen molar-refractivity contribution in [1.29, 1.82) is 0 Å². The van der Waals surface area contributed by atoms with Gasteiger partial charge < -0.3 is 9.47 Å². The summed E-state index contributed by atoms with van der Waals surface area (Å²) in [6, 6.07) is 5.92. The number of hydrogen-bond donors (Lipinski definition) is 0. The van der Waals surface area contributed by atoms with Gasteiger partial charge in [-0.3, -0.25) is 9.79 Å². The van der Waals surface area contributed by atoms with E-state index in [9.17, 15) is 9.59 Å². The van der Waals surface area contributed by atoms with Crippen molar-refractivity contribution in [1.82, 2.24) is 0 Å². The van der Waals surface area contributed by atoms with Crippen molar-refractivity contribution in [3.8, 4) is 0 Å². The fourth-order valence-electron chi connectivity index (χ4n) is 3.41. The Morgan fingerprint density at radius 1 is 1.17 bits per heavy atom. The number of aryl methyl sites for hydroxylation is 1. The number of ketones is 1. The molecule has 0 aromatic heterocycles. The normalized spacial score (nSPS) is 26.6. The Morgan fingerprint density at radius 3 is 2.78 bits per heavy atom. The first-order valence-electron chi connectivity index (χ1n) is 7.40. The van der Waals surface area contributed by atoms with Crippen molar-refractivity contribution in [2.45, 2.75) is 12.8 Å². The molecule has 118 valence electrons. The van der Waals surface area contributed by atoms with E-state index in [2.05, 4.69) is 20.9 Å². The second-order valence-corrected chi connectivity index (χ2v) is 6.82. The molecule has 0 saturated carbocycles. The third-order valence-corrected chi connectivity index (χ3v) is 5.40. The average Bonchev–Trinajstić information content (AvgIpc) is 2.90. The maximum atomic E-state index is 12.5. The van der Waals surface area contributed by atoms with Crippen LogP contribution in [0.2, 0.25) is 0 Å². The summed E-state index contributed by atoms with van der Waals surface area (Å²) < 4.78 is 11.4. The van der Waals surface area contributed by atoms with E-state index in [-0.39, 0.29) is 30.9 Å². The number of cyclic esters (lactones) is 1. The second kappa shape index (κ2) is 5.39. The fraction of sp³-hybridized carbons (Fsp3) is 0.353. The molecule has 5 nitrogen and oxygen atoms in total. The second-order valence-electron chi connectivity index (χ2n) is 5.96. The van der Waals surface area contributed by atoms with Crippen LogP contribution in [0.25, 0.3) is 0 Å². The molecule has 0 spiro atoms. The van der Waals surface area contributed by atoms with Gasteiger partial charge in [-0.2, -0.15) is 0 Å². The van der Waals surface area contributed by atoms with Gasteiger partial charge in [-0.05, 0) is 24.1 Å². The molecular formula is C17H14BrNO4. The largest absolute Gasteiger partial charge is 0.456 e. The van der Waals surface area contributed by atoms with Gasteiger partial charge in [-0.25, -0.2) is 4.79 Å². The first-order valence-corrected chi connectivity index (χ1v) is 8.19. The van der Waals surface area contributed by atoms with Gasteiger partial charge in [0.2, 0.25) is 0 Å². The summed E-state index contributed by atoms with van der Waals surface area (Å²) in [5.41, 5.74) is 3.85. The van der Waals surface area contributed by atoms with E-state index in [1.54, 1.807) is 0 Å². The molecule has 1 fully saturated rings. The lowest BCUT2D eigenvalue weighted by Gasteiger charge is -2.33. The molecule has 0 N–H and O–H groups in total. The van der Waals surface area contributed by atoms with Crippen LogP contribution in [0, 0.1) is 12.8 Å². The molecule has 1 aromatic rings. The van der Waals surface area contributed by atoms with Crippen LogP contribution in [-0.4, -0.2) is 37.3 Å². The van der Waals surface area contributed by atoms with Crippen LogP contribution in [-0.2, 0) is 19.1 Å². The maximum Gasteiger partial charge on any atom is 0.337 e. The van der Waals surface area contributed by atoms with Crippen molar-refractivity contribution >= 4 is 33.4 Å². The minimum Gasteiger partial charge on any atom is -0.456 e. The first-order chi connectivity index (χ1) is 11.1. The smallest absolute Gasteiger partial charge is 0.337 e. The number of nitrogens with zero attached hydrogens (tertiary/aromatic N) is 1. The number of ether oxygens (including phenoxy) is 2. The number of esters is 1. The number of benzene rings is 1. The topological polar surface area (TPSA) is 65.0 Å². The molecule has 4 rings (SSSR count). The minimum atomic E-state index is -0.442. The monoisotopic (exact) mass is 375 g/mol. The number of carbonyl (C=O) groups is 2. The van der Waals surface area contributed by atoms with E-state index in [0.29, 0.717) is 23.6 Å². The number of rotatable bonds is 1. The van der Waals surface area contributed by atoms with Crippen molar-refractivity contribution < 1.29 is 19.1 Å². The molecule has 3 aliphatic heterocycles. The highest BCUT2D eigenvalue weighted by Gasteiger charge is 2.47. The minimum absolute atomic E-state index is 0.0389. The van der Waals surface area contributed by atoms with Gasteiger partial charge in [0.05, 0.1) is 29.5 Å². The van der Waals surface area contributed by atoms with Gasteiger partial charge >= 0.3 is 5.97 Å². The van der Waals surface area contributed by atoms with Gasteiger partial charge in [0, 0.05) is 10.4 Å². The Bertz CT molecular complexity index is 796. The fourth-order valence-corrected chi connectivity index (χ4v) is 3.81. The van der Waals surface area contributed by atoms with Crippen LogP contribution < -0.4 is 0 Å². The predicted octanol–water partition coefficient (Wildman–Crippen LogP) is 2.32. The number of aliphatic imine (C=N–C) groups is 1. The first kappa shape index (κ1) is 14.8.